The summed E-state index contributed by atoms with van der Waals surface area (Å²) in [5.74, 6) is -0.468. The largest absolute Gasteiger partial charge is 0.490 e. The molecule has 0 radical (unpaired) electrons. The summed E-state index contributed by atoms with van der Waals surface area (Å²) >= 11 is 5.12. The lowest BCUT2D eigenvalue weighted by Gasteiger charge is -2.11. The number of nitrogens with one attached hydrogen (secondary N) is 2. The van der Waals surface area contributed by atoms with Gasteiger partial charge in [-0.25, -0.2) is 0 Å². The first-order valence-electron chi connectivity index (χ1n) is 7.34. The Hall–Kier alpha value is -3.00. The molecule has 2 N–H and O–H groups in total. The van der Waals surface area contributed by atoms with E-state index < -0.39 is 10.8 Å². The quantitative estimate of drug-likeness (QED) is 0.494. The van der Waals surface area contributed by atoms with Crippen LogP contribution in [0, 0.1) is 24.0 Å². The zero-order valence-electron chi connectivity index (χ0n) is 14.0. The van der Waals surface area contributed by atoms with Gasteiger partial charge in [-0.1, -0.05) is 6.07 Å². The van der Waals surface area contributed by atoms with E-state index in [0.717, 1.165) is 22.9 Å². The standard InChI is InChI=1S/C17H17N3O4S/c1-10-4-6-13(8-11(10)2)18-17(25)19-16(21)12-5-7-15(24-3)14(9-12)20(22)23/h4-9H,1-3H3,(H2,18,19,21,25). The Morgan fingerprint density at radius 2 is 1.88 bits per heavy atom. The van der Waals surface area contributed by atoms with Crippen LogP contribution in [0.5, 0.6) is 5.75 Å². The molecule has 2 aromatic rings. The Labute approximate surface area is 150 Å². The number of nitro benzene ring substituents is 1. The molecule has 0 aliphatic carbocycles. The molecular formula is C17H17N3O4S. The Balaban J connectivity index is 2.10. The predicted molar refractivity (Wildman–Crippen MR) is 99.3 cm³/mol. The maximum atomic E-state index is 12.2. The minimum atomic E-state index is -0.610. The number of rotatable bonds is 4. The molecule has 7 nitrogen and oxygen atoms in total. The first-order chi connectivity index (χ1) is 11.8. The molecule has 0 saturated carbocycles. The average molecular weight is 359 g/mol. The summed E-state index contributed by atoms with van der Waals surface area (Å²) in [7, 11) is 1.32. The van der Waals surface area contributed by atoms with Gasteiger partial charge in [0.2, 0.25) is 0 Å². The fraction of sp³-hybridized carbons (Fsp3) is 0.176. The second-order valence-electron chi connectivity index (χ2n) is 5.35. The summed E-state index contributed by atoms with van der Waals surface area (Å²) in [6.07, 6.45) is 0. The third kappa shape index (κ3) is 4.51. The van der Waals surface area contributed by atoms with Crippen molar-refractivity contribution in [3.63, 3.8) is 0 Å². The molecule has 0 unspecified atom stereocenters. The van der Waals surface area contributed by atoms with Gasteiger partial charge in [-0.2, -0.15) is 0 Å². The molecule has 0 fully saturated rings. The highest BCUT2D eigenvalue weighted by Gasteiger charge is 2.18. The molecule has 0 heterocycles. The van der Waals surface area contributed by atoms with Crippen molar-refractivity contribution in [2.24, 2.45) is 0 Å². The van der Waals surface area contributed by atoms with Crippen LogP contribution >= 0.6 is 12.2 Å². The Morgan fingerprint density at radius 3 is 2.48 bits per heavy atom. The first-order valence-corrected chi connectivity index (χ1v) is 7.74. The molecule has 130 valence electrons. The summed E-state index contributed by atoms with van der Waals surface area (Å²) in [5, 5.41) is 16.5. The number of ether oxygens (including phenoxy) is 1. The Morgan fingerprint density at radius 1 is 1.16 bits per heavy atom. The van der Waals surface area contributed by atoms with Crippen molar-refractivity contribution in [2.75, 3.05) is 12.4 Å². The number of hydrogen-bond donors (Lipinski definition) is 2. The van der Waals surface area contributed by atoms with Gasteiger partial charge in [-0.05, 0) is 61.5 Å². The fourth-order valence-corrected chi connectivity index (χ4v) is 2.34. The molecule has 2 rings (SSSR count). The number of methoxy groups -OCH3 is 1. The van der Waals surface area contributed by atoms with Gasteiger partial charge in [0, 0.05) is 17.3 Å². The van der Waals surface area contributed by atoms with Crippen LogP contribution in [0.1, 0.15) is 21.5 Å². The lowest BCUT2D eigenvalue weighted by Crippen LogP contribution is -2.34. The van der Waals surface area contributed by atoms with Crippen LogP contribution in [-0.2, 0) is 0 Å². The van der Waals surface area contributed by atoms with Crippen LogP contribution in [0.25, 0.3) is 0 Å². The summed E-state index contributed by atoms with van der Waals surface area (Å²) in [6.45, 7) is 3.97. The van der Waals surface area contributed by atoms with Crippen molar-refractivity contribution in [1.82, 2.24) is 5.32 Å². The number of nitro groups is 1. The van der Waals surface area contributed by atoms with Gasteiger partial charge in [0.15, 0.2) is 10.9 Å². The Kier molecular flexibility index (Phi) is 5.66. The van der Waals surface area contributed by atoms with E-state index in [2.05, 4.69) is 10.6 Å². The van der Waals surface area contributed by atoms with Crippen LogP contribution in [0.3, 0.4) is 0 Å². The SMILES string of the molecule is COc1ccc(C(=O)NC(=S)Nc2ccc(C)c(C)c2)cc1[N+](=O)[O-]. The highest BCUT2D eigenvalue weighted by atomic mass is 32.1. The number of carbonyl (C=O) groups excluding carboxylic acids is 1. The molecule has 1 amide bonds. The number of benzene rings is 2. The van der Waals surface area contributed by atoms with Gasteiger partial charge in [-0.3, -0.25) is 20.2 Å². The number of nitrogens with zero attached hydrogens (tertiary/aromatic N) is 1. The second kappa shape index (κ2) is 7.71. The van der Waals surface area contributed by atoms with Gasteiger partial charge >= 0.3 is 5.69 Å². The van der Waals surface area contributed by atoms with E-state index in [1.165, 1.54) is 19.2 Å². The van der Waals surface area contributed by atoms with Crippen molar-refractivity contribution >= 4 is 34.6 Å². The normalized spacial score (nSPS) is 10.0. The van der Waals surface area contributed by atoms with Crippen molar-refractivity contribution in [2.45, 2.75) is 13.8 Å². The number of carbonyl (C=O) groups is 1. The average Bonchev–Trinajstić information content (AvgIpc) is 2.57. The monoisotopic (exact) mass is 359 g/mol. The number of amides is 1. The van der Waals surface area contributed by atoms with Crippen LogP contribution < -0.4 is 15.4 Å². The van der Waals surface area contributed by atoms with Crippen molar-refractivity contribution in [3.8, 4) is 5.75 Å². The zero-order chi connectivity index (χ0) is 18.6. The van der Waals surface area contributed by atoms with E-state index in [-0.39, 0.29) is 22.1 Å². The molecule has 2 aromatic carbocycles. The summed E-state index contributed by atoms with van der Waals surface area (Å²) in [4.78, 5) is 22.7. The van der Waals surface area contributed by atoms with Gasteiger partial charge in [0.05, 0.1) is 12.0 Å². The molecule has 0 aliphatic heterocycles. The van der Waals surface area contributed by atoms with Crippen LogP contribution in [0.15, 0.2) is 36.4 Å². The highest BCUT2D eigenvalue weighted by molar-refractivity contribution is 7.80. The zero-order valence-corrected chi connectivity index (χ0v) is 14.8. The second-order valence-corrected chi connectivity index (χ2v) is 5.76. The van der Waals surface area contributed by atoms with Gasteiger partial charge in [0.25, 0.3) is 5.91 Å². The summed E-state index contributed by atoms with van der Waals surface area (Å²) in [6, 6.07) is 9.64. The summed E-state index contributed by atoms with van der Waals surface area (Å²) in [5.41, 5.74) is 2.80. The lowest BCUT2D eigenvalue weighted by atomic mass is 10.1. The molecule has 25 heavy (non-hydrogen) atoms. The van der Waals surface area contributed by atoms with Crippen LogP contribution in [0.2, 0.25) is 0 Å². The third-order valence-corrected chi connectivity index (χ3v) is 3.83. The lowest BCUT2D eigenvalue weighted by molar-refractivity contribution is -0.385. The first kappa shape index (κ1) is 18.3. The minimum absolute atomic E-state index is 0.0809. The van der Waals surface area contributed by atoms with Gasteiger partial charge in [0.1, 0.15) is 0 Å². The molecular weight excluding hydrogens is 342 g/mol. The third-order valence-electron chi connectivity index (χ3n) is 3.63. The molecule has 0 aliphatic rings. The maximum absolute atomic E-state index is 12.2. The number of aryl methyl sites for hydroxylation is 2. The maximum Gasteiger partial charge on any atom is 0.311 e. The molecule has 0 bridgehead atoms. The fourth-order valence-electron chi connectivity index (χ4n) is 2.13. The number of thiocarbonyl (C=S) groups is 1. The smallest absolute Gasteiger partial charge is 0.311 e. The van der Waals surface area contributed by atoms with Crippen molar-refractivity contribution < 1.29 is 14.5 Å². The molecule has 0 atom stereocenters. The van der Waals surface area contributed by atoms with E-state index in [9.17, 15) is 14.9 Å². The molecule has 0 saturated heterocycles. The predicted octanol–water partition coefficient (Wildman–Crippen LogP) is 3.35. The minimum Gasteiger partial charge on any atom is -0.490 e. The van der Waals surface area contributed by atoms with E-state index in [4.69, 9.17) is 17.0 Å². The van der Waals surface area contributed by atoms with Crippen LogP contribution in [-0.4, -0.2) is 23.1 Å². The van der Waals surface area contributed by atoms with E-state index in [1.54, 1.807) is 0 Å². The molecule has 8 heteroatoms. The number of hydrogen-bond acceptors (Lipinski definition) is 5. The Bertz CT molecular complexity index is 852. The van der Waals surface area contributed by atoms with Gasteiger partial charge < -0.3 is 10.1 Å². The van der Waals surface area contributed by atoms with E-state index >= 15 is 0 Å². The van der Waals surface area contributed by atoms with E-state index in [1.807, 2.05) is 32.0 Å². The highest BCUT2D eigenvalue weighted by Crippen LogP contribution is 2.27. The molecule has 0 aromatic heterocycles. The summed E-state index contributed by atoms with van der Waals surface area (Å²) < 4.78 is 4.91. The van der Waals surface area contributed by atoms with E-state index in [0.29, 0.717) is 0 Å². The topological polar surface area (TPSA) is 93.5 Å². The van der Waals surface area contributed by atoms with Gasteiger partial charge in [-0.15, -0.1) is 0 Å². The molecule has 0 spiro atoms. The number of anilines is 1. The van der Waals surface area contributed by atoms with Crippen molar-refractivity contribution in [1.29, 1.82) is 0 Å². The van der Waals surface area contributed by atoms with Crippen LogP contribution in [0.4, 0.5) is 11.4 Å². The van der Waals surface area contributed by atoms with Crippen molar-refractivity contribution in [3.05, 3.63) is 63.2 Å².